The Bertz CT molecular complexity index is 1070. The van der Waals surface area contributed by atoms with E-state index in [-0.39, 0.29) is 43.6 Å². The number of carbonyl (C=O) groups is 2. The molecule has 0 saturated heterocycles. The van der Waals surface area contributed by atoms with Crippen molar-refractivity contribution in [2.75, 3.05) is 23.7 Å². The van der Waals surface area contributed by atoms with E-state index in [9.17, 15) is 22.4 Å². The molecule has 0 saturated carbocycles. The Hall–Kier alpha value is -2.94. The van der Waals surface area contributed by atoms with Gasteiger partial charge in [0.2, 0.25) is 21.8 Å². The smallest absolute Gasteiger partial charge is 0.242 e. The van der Waals surface area contributed by atoms with Crippen molar-refractivity contribution in [3.8, 4) is 0 Å². The number of hydrogen-bond acceptors (Lipinski definition) is 4. The lowest BCUT2D eigenvalue weighted by Crippen LogP contribution is -2.48. The van der Waals surface area contributed by atoms with E-state index in [2.05, 4.69) is 5.32 Å². The van der Waals surface area contributed by atoms with Gasteiger partial charge in [-0.3, -0.25) is 13.9 Å². The number of aryl methyl sites for hydroxylation is 1. The van der Waals surface area contributed by atoms with Gasteiger partial charge in [-0.05, 0) is 56.5 Å². The van der Waals surface area contributed by atoms with Crippen LogP contribution in [0.1, 0.15) is 50.7 Å². The Kier molecular flexibility index (Phi) is 10.7. The molecule has 0 spiro atoms. The first kappa shape index (κ1) is 28.3. The molecule has 2 rings (SSSR count). The molecular formula is C26H36FN3O4S. The van der Waals surface area contributed by atoms with Crippen LogP contribution in [0.2, 0.25) is 0 Å². The third-order valence-electron chi connectivity index (χ3n) is 5.74. The topological polar surface area (TPSA) is 86.8 Å². The van der Waals surface area contributed by atoms with Crippen LogP contribution in [0.15, 0.2) is 48.5 Å². The lowest BCUT2D eigenvalue weighted by atomic mass is 10.1. The maximum atomic E-state index is 13.3. The minimum atomic E-state index is -3.54. The summed E-state index contributed by atoms with van der Waals surface area (Å²) in [5.41, 5.74) is 2.25. The fourth-order valence-electron chi connectivity index (χ4n) is 3.62. The second kappa shape index (κ2) is 13.2. The molecule has 9 heteroatoms. The molecule has 0 aliphatic rings. The van der Waals surface area contributed by atoms with Gasteiger partial charge in [0.1, 0.15) is 11.9 Å². The zero-order chi connectivity index (χ0) is 26.0. The summed E-state index contributed by atoms with van der Waals surface area (Å²) in [6.45, 7) is 6.42. The Morgan fingerprint density at radius 1 is 1.03 bits per heavy atom. The van der Waals surface area contributed by atoms with Crippen LogP contribution in [0.25, 0.3) is 0 Å². The molecule has 0 aromatic heterocycles. The van der Waals surface area contributed by atoms with E-state index in [0.29, 0.717) is 17.8 Å². The maximum absolute atomic E-state index is 13.3. The van der Waals surface area contributed by atoms with Crippen LogP contribution in [0.5, 0.6) is 0 Å². The molecule has 0 bridgehead atoms. The predicted octanol–water partition coefficient (Wildman–Crippen LogP) is 4.01. The summed E-state index contributed by atoms with van der Waals surface area (Å²) in [5, 5.41) is 2.85. The van der Waals surface area contributed by atoms with Crippen molar-refractivity contribution in [1.82, 2.24) is 10.2 Å². The summed E-state index contributed by atoms with van der Waals surface area (Å²) in [4.78, 5) is 27.4. The van der Waals surface area contributed by atoms with Gasteiger partial charge in [0, 0.05) is 26.1 Å². The Balaban J connectivity index is 2.12. The number of amides is 2. The maximum Gasteiger partial charge on any atom is 0.242 e. The number of hydrogen-bond donors (Lipinski definition) is 1. The SMILES string of the molecule is CCCCNC(=O)[C@H](C)N(Cc1ccc(F)cc1)C(=O)CCCN(c1ccc(C)cc1)S(C)(=O)=O. The molecule has 1 atom stereocenters. The summed E-state index contributed by atoms with van der Waals surface area (Å²) in [7, 11) is -3.54. The van der Waals surface area contributed by atoms with Gasteiger partial charge in [0.25, 0.3) is 0 Å². The van der Waals surface area contributed by atoms with Gasteiger partial charge in [-0.15, -0.1) is 0 Å². The van der Waals surface area contributed by atoms with Crippen LogP contribution in [-0.2, 0) is 26.2 Å². The lowest BCUT2D eigenvalue weighted by Gasteiger charge is -2.29. The molecule has 192 valence electrons. The minimum Gasteiger partial charge on any atom is -0.354 e. The Labute approximate surface area is 208 Å². The normalized spacial score (nSPS) is 12.1. The van der Waals surface area contributed by atoms with Crippen LogP contribution in [0.3, 0.4) is 0 Å². The van der Waals surface area contributed by atoms with E-state index >= 15 is 0 Å². The van der Waals surface area contributed by atoms with Crippen LogP contribution in [0.4, 0.5) is 10.1 Å². The van der Waals surface area contributed by atoms with Gasteiger partial charge in [-0.2, -0.15) is 0 Å². The fourth-order valence-corrected chi connectivity index (χ4v) is 4.59. The van der Waals surface area contributed by atoms with Gasteiger partial charge >= 0.3 is 0 Å². The number of rotatable bonds is 13. The number of halogens is 1. The number of sulfonamides is 1. The monoisotopic (exact) mass is 505 g/mol. The molecule has 7 nitrogen and oxygen atoms in total. The molecule has 0 aliphatic heterocycles. The third kappa shape index (κ3) is 8.98. The van der Waals surface area contributed by atoms with Gasteiger partial charge in [-0.25, -0.2) is 12.8 Å². The Morgan fingerprint density at radius 3 is 2.23 bits per heavy atom. The van der Waals surface area contributed by atoms with Gasteiger partial charge in [-0.1, -0.05) is 43.2 Å². The highest BCUT2D eigenvalue weighted by Gasteiger charge is 2.26. The molecule has 2 aromatic carbocycles. The van der Waals surface area contributed by atoms with Crippen LogP contribution >= 0.6 is 0 Å². The summed E-state index contributed by atoms with van der Waals surface area (Å²) >= 11 is 0. The first-order valence-corrected chi connectivity index (χ1v) is 13.7. The molecule has 35 heavy (non-hydrogen) atoms. The lowest BCUT2D eigenvalue weighted by molar-refractivity contribution is -0.140. The van der Waals surface area contributed by atoms with Crippen molar-refractivity contribution in [3.05, 3.63) is 65.5 Å². The van der Waals surface area contributed by atoms with E-state index in [1.54, 1.807) is 31.2 Å². The quantitative estimate of drug-likeness (QED) is 0.417. The van der Waals surface area contributed by atoms with Crippen molar-refractivity contribution in [2.45, 2.75) is 59.0 Å². The van der Waals surface area contributed by atoms with Crippen LogP contribution in [0, 0.1) is 12.7 Å². The summed E-state index contributed by atoms with van der Waals surface area (Å²) in [6, 6.07) is 12.2. The van der Waals surface area contributed by atoms with E-state index in [4.69, 9.17) is 0 Å². The zero-order valence-corrected chi connectivity index (χ0v) is 21.8. The molecular weight excluding hydrogens is 469 g/mol. The second-order valence-electron chi connectivity index (χ2n) is 8.74. The second-order valence-corrected chi connectivity index (χ2v) is 10.6. The van der Waals surface area contributed by atoms with Crippen molar-refractivity contribution in [2.24, 2.45) is 0 Å². The van der Waals surface area contributed by atoms with Gasteiger partial charge in [0.15, 0.2) is 0 Å². The number of nitrogens with zero attached hydrogens (tertiary/aromatic N) is 2. The molecule has 0 unspecified atom stereocenters. The third-order valence-corrected chi connectivity index (χ3v) is 6.93. The van der Waals surface area contributed by atoms with E-state index in [1.165, 1.54) is 21.3 Å². The number of carbonyl (C=O) groups excluding carboxylic acids is 2. The Morgan fingerprint density at radius 2 is 1.66 bits per heavy atom. The number of nitrogens with one attached hydrogen (secondary N) is 1. The minimum absolute atomic E-state index is 0.0612. The number of benzene rings is 2. The average molecular weight is 506 g/mol. The zero-order valence-electron chi connectivity index (χ0n) is 21.0. The highest BCUT2D eigenvalue weighted by molar-refractivity contribution is 7.92. The molecule has 0 heterocycles. The molecule has 2 aromatic rings. The summed E-state index contributed by atoms with van der Waals surface area (Å²) in [6.07, 6.45) is 3.25. The van der Waals surface area contributed by atoms with E-state index in [0.717, 1.165) is 24.7 Å². The van der Waals surface area contributed by atoms with Crippen molar-refractivity contribution < 1.29 is 22.4 Å². The van der Waals surface area contributed by atoms with Gasteiger partial charge < -0.3 is 10.2 Å². The molecule has 1 N–H and O–H groups in total. The molecule has 2 amide bonds. The van der Waals surface area contributed by atoms with Crippen LogP contribution < -0.4 is 9.62 Å². The van der Waals surface area contributed by atoms with E-state index in [1.807, 2.05) is 26.0 Å². The largest absolute Gasteiger partial charge is 0.354 e. The van der Waals surface area contributed by atoms with Crippen LogP contribution in [-0.4, -0.2) is 50.5 Å². The fraction of sp³-hybridized carbons (Fsp3) is 0.462. The molecule has 0 aliphatic carbocycles. The standard InChI is InChI=1S/C26H36FN3O4S/c1-5-6-17-28-26(32)21(3)29(19-22-11-13-23(27)14-12-22)25(31)8-7-18-30(35(4,33)34)24-15-9-20(2)10-16-24/h9-16,21H,5-8,17-19H2,1-4H3,(H,28,32)/t21-/m0/s1. The predicted molar refractivity (Wildman–Crippen MR) is 137 cm³/mol. The molecule has 0 radical (unpaired) electrons. The van der Waals surface area contributed by atoms with Gasteiger partial charge in [0.05, 0.1) is 11.9 Å². The van der Waals surface area contributed by atoms with Crippen molar-refractivity contribution in [3.63, 3.8) is 0 Å². The highest BCUT2D eigenvalue weighted by Crippen LogP contribution is 2.20. The van der Waals surface area contributed by atoms with E-state index < -0.39 is 16.1 Å². The van der Waals surface area contributed by atoms with Crippen molar-refractivity contribution in [1.29, 1.82) is 0 Å². The average Bonchev–Trinajstić information content (AvgIpc) is 2.81. The van der Waals surface area contributed by atoms with Crippen molar-refractivity contribution >= 4 is 27.5 Å². The summed E-state index contributed by atoms with van der Waals surface area (Å²) < 4.78 is 39.4. The number of unbranched alkanes of at least 4 members (excludes halogenated alkanes) is 1. The molecule has 0 fully saturated rings. The highest BCUT2D eigenvalue weighted by atomic mass is 32.2. The first-order chi connectivity index (χ1) is 16.5. The first-order valence-electron chi connectivity index (χ1n) is 11.9. The summed E-state index contributed by atoms with van der Waals surface area (Å²) in [5.74, 6) is -0.912. The number of anilines is 1.